The summed E-state index contributed by atoms with van der Waals surface area (Å²) in [7, 11) is -0.496. The summed E-state index contributed by atoms with van der Waals surface area (Å²) in [5.74, 6) is 0.847. The fourth-order valence-electron chi connectivity index (χ4n) is 9.98. The summed E-state index contributed by atoms with van der Waals surface area (Å²) in [5, 5.41) is 0. The first-order valence-electron chi connectivity index (χ1n) is 20.9. The lowest BCUT2D eigenvalue weighted by atomic mass is 9.86. The Hall–Kier alpha value is -4.98. The highest BCUT2D eigenvalue weighted by molar-refractivity contribution is 6.37. The van der Waals surface area contributed by atoms with Gasteiger partial charge in [-0.1, -0.05) is 182 Å². The minimum Gasteiger partial charge on any atom is -0.0651 e. The summed E-state index contributed by atoms with van der Waals surface area (Å²) in [4.78, 5) is 0. The first-order valence-corrected chi connectivity index (χ1v) is 22.9. The molecule has 0 radical (unpaired) electrons. The molecule has 0 heterocycles. The lowest BCUT2D eigenvalue weighted by molar-refractivity contribution is 0.914. The molecule has 6 aromatic rings. The maximum atomic E-state index is 2.58. The molecule has 276 valence electrons. The van der Waals surface area contributed by atoms with Gasteiger partial charge < -0.3 is 0 Å². The number of hydrogen-bond acceptors (Lipinski definition) is 0. The van der Waals surface area contributed by atoms with Crippen LogP contribution in [0.15, 0.2) is 121 Å². The average Bonchev–Trinajstić information content (AvgIpc) is 3.73. The van der Waals surface area contributed by atoms with Crippen LogP contribution in [-0.2, 0) is 12.8 Å². The zero-order valence-corrected chi connectivity index (χ0v) is 35.2. The van der Waals surface area contributed by atoms with Crippen molar-refractivity contribution in [1.29, 1.82) is 0 Å². The Morgan fingerprint density at radius 3 is 1.18 bits per heavy atom. The van der Waals surface area contributed by atoms with Gasteiger partial charge in [0.15, 0.2) is 0 Å². The summed E-state index contributed by atoms with van der Waals surface area (Å²) < 4.78 is 0. The molecule has 6 aromatic carbocycles. The van der Waals surface area contributed by atoms with Gasteiger partial charge >= 0.3 is 0 Å². The van der Waals surface area contributed by atoms with Crippen LogP contribution in [0.4, 0.5) is 0 Å². The summed E-state index contributed by atoms with van der Waals surface area (Å²) in [6.07, 6.45) is 9.66. The van der Waals surface area contributed by atoms with E-state index in [-0.39, 0.29) is 0 Å². The van der Waals surface area contributed by atoms with Gasteiger partial charge in [0, 0.05) is 21.4 Å². The van der Waals surface area contributed by atoms with Crippen LogP contribution < -0.4 is 0 Å². The third kappa shape index (κ3) is 7.40. The van der Waals surface area contributed by atoms with Crippen molar-refractivity contribution in [2.75, 3.05) is 0 Å². The number of benzene rings is 6. The molecular weight excluding hydrogens is 677 g/mol. The predicted molar refractivity (Wildman–Crippen MR) is 243 cm³/mol. The molecule has 0 fully saturated rings. The lowest BCUT2D eigenvalue weighted by Gasteiger charge is -2.22. The molecule has 1 heteroatoms. The molecule has 2 aliphatic rings. The Bertz CT molecular complexity index is 2200. The van der Waals surface area contributed by atoms with E-state index in [9.17, 15) is 0 Å². The normalized spacial score (nSPS) is 16.0. The van der Waals surface area contributed by atoms with Crippen LogP contribution in [0.2, 0.25) is 12.1 Å². The van der Waals surface area contributed by atoms with E-state index in [1.54, 1.807) is 0 Å². The lowest BCUT2D eigenvalue weighted by Crippen LogP contribution is -2.08. The van der Waals surface area contributed by atoms with Gasteiger partial charge in [-0.25, -0.2) is 0 Å². The molecule has 0 saturated carbocycles. The smallest absolute Gasteiger partial charge is 0.0219 e. The summed E-state index contributed by atoms with van der Waals surface area (Å²) >= 11 is 0. The first-order chi connectivity index (χ1) is 26.8. The molecule has 55 heavy (non-hydrogen) atoms. The molecule has 0 saturated heterocycles. The van der Waals surface area contributed by atoms with Gasteiger partial charge in [-0.2, -0.15) is 0 Å². The second-order valence-corrected chi connectivity index (χ2v) is 18.3. The second-order valence-electron chi connectivity index (χ2n) is 16.4. The monoisotopic (exact) mass is 732 g/mol. The number of aryl methyl sites for hydroxylation is 6. The van der Waals surface area contributed by atoms with Crippen LogP contribution >= 0.6 is 0 Å². The zero-order valence-electron chi connectivity index (χ0n) is 33.8. The van der Waals surface area contributed by atoms with Crippen LogP contribution in [0.5, 0.6) is 0 Å². The standard InChI is InChI=1S/C54H56Si/c1-7-15-41-21-23-45-49(53(41)43-27-35(3)25-36(4)28-43)31-47(39-17-11-9-12-18-39)51(45)33-55-34-52-46-24-22-42(16-8-2)54(44-29-37(5)26-38(6)30-44)50(46)32-48(52)40-19-13-10-14-20-40/h9-14,17-32,51-52H,7-8,15-16,33-34,55H2,1-6H3. The van der Waals surface area contributed by atoms with Crippen molar-refractivity contribution in [3.05, 3.63) is 188 Å². The summed E-state index contributed by atoms with van der Waals surface area (Å²) in [5.41, 5.74) is 25.8. The van der Waals surface area contributed by atoms with E-state index in [0.29, 0.717) is 11.8 Å². The average molecular weight is 733 g/mol. The van der Waals surface area contributed by atoms with Crippen LogP contribution in [0, 0.1) is 27.7 Å². The highest BCUT2D eigenvalue weighted by Crippen LogP contribution is 2.51. The Morgan fingerprint density at radius 1 is 0.436 bits per heavy atom. The van der Waals surface area contributed by atoms with Gasteiger partial charge in [-0.15, -0.1) is 0 Å². The second kappa shape index (κ2) is 16.0. The van der Waals surface area contributed by atoms with Crippen molar-refractivity contribution < 1.29 is 0 Å². The largest absolute Gasteiger partial charge is 0.0651 e. The molecule has 2 unspecified atom stereocenters. The topological polar surface area (TPSA) is 0 Å². The Kier molecular flexibility index (Phi) is 10.8. The quantitative estimate of drug-likeness (QED) is 0.110. The number of rotatable bonds is 12. The van der Waals surface area contributed by atoms with E-state index < -0.39 is 9.52 Å². The van der Waals surface area contributed by atoms with Crippen molar-refractivity contribution in [2.45, 2.75) is 91.1 Å². The molecule has 2 aliphatic carbocycles. The van der Waals surface area contributed by atoms with E-state index >= 15 is 0 Å². The van der Waals surface area contributed by atoms with Gasteiger partial charge in [0.25, 0.3) is 0 Å². The molecule has 0 aliphatic heterocycles. The van der Waals surface area contributed by atoms with Crippen molar-refractivity contribution in [3.8, 4) is 22.3 Å². The minimum atomic E-state index is -0.496. The van der Waals surface area contributed by atoms with Gasteiger partial charge in [-0.3, -0.25) is 0 Å². The third-order valence-electron chi connectivity index (χ3n) is 12.1. The molecule has 0 bridgehead atoms. The Balaban J connectivity index is 1.19. The Labute approximate surface area is 332 Å². The summed E-state index contributed by atoms with van der Waals surface area (Å²) in [6.45, 7) is 13.6. The van der Waals surface area contributed by atoms with Crippen molar-refractivity contribution in [1.82, 2.24) is 0 Å². The van der Waals surface area contributed by atoms with Gasteiger partial charge in [0.05, 0.1) is 0 Å². The third-order valence-corrected chi connectivity index (χ3v) is 14.1. The van der Waals surface area contributed by atoms with E-state index in [2.05, 4.69) is 175 Å². The zero-order chi connectivity index (χ0) is 38.1. The molecule has 8 rings (SSSR count). The molecule has 0 spiro atoms. The molecule has 0 N–H and O–H groups in total. The molecule has 0 amide bonds. The Morgan fingerprint density at radius 2 is 0.818 bits per heavy atom. The van der Waals surface area contributed by atoms with Crippen molar-refractivity contribution in [2.24, 2.45) is 0 Å². The minimum absolute atomic E-state index is 0.423. The van der Waals surface area contributed by atoms with Crippen LogP contribution in [0.1, 0.15) is 105 Å². The van der Waals surface area contributed by atoms with Gasteiger partial charge in [0.1, 0.15) is 0 Å². The van der Waals surface area contributed by atoms with Crippen LogP contribution in [0.3, 0.4) is 0 Å². The van der Waals surface area contributed by atoms with Gasteiger partial charge in [-0.05, 0) is 131 Å². The molecule has 0 aromatic heterocycles. The van der Waals surface area contributed by atoms with E-state index in [0.717, 1.165) is 25.7 Å². The molecule has 2 atom stereocenters. The van der Waals surface area contributed by atoms with Crippen LogP contribution in [-0.4, -0.2) is 9.52 Å². The first kappa shape index (κ1) is 37.0. The van der Waals surface area contributed by atoms with Crippen molar-refractivity contribution in [3.63, 3.8) is 0 Å². The highest BCUT2D eigenvalue weighted by atomic mass is 28.2. The van der Waals surface area contributed by atoms with Crippen molar-refractivity contribution >= 4 is 32.8 Å². The predicted octanol–water partition coefficient (Wildman–Crippen LogP) is 14.1. The highest BCUT2D eigenvalue weighted by Gasteiger charge is 2.32. The van der Waals surface area contributed by atoms with Gasteiger partial charge in [0.2, 0.25) is 0 Å². The maximum Gasteiger partial charge on any atom is 0.0219 e. The maximum absolute atomic E-state index is 2.58. The number of fused-ring (bicyclic) bond motifs is 2. The molecular formula is C54H56Si. The fraction of sp³-hybridized carbons (Fsp3) is 0.259. The fourth-order valence-corrected chi connectivity index (χ4v) is 12.3. The summed E-state index contributed by atoms with van der Waals surface area (Å²) in [6, 6.07) is 49.2. The SMILES string of the molecule is CCCc1ccc2c(c1-c1cc(C)cc(C)c1)C=C(c1ccccc1)C2C[SiH2]CC1C(c2ccccc2)=Cc2c1ccc(CCC)c2-c1cc(C)cc(C)c1. The van der Waals surface area contributed by atoms with E-state index in [1.807, 2.05) is 0 Å². The van der Waals surface area contributed by atoms with Crippen LogP contribution in [0.25, 0.3) is 45.6 Å². The van der Waals surface area contributed by atoms with E-state index in [4.69, 9.17) is 0 Å². The number of allylic oxidation sites excluding steroid dienone is 2. The molecule has 0 nitrogen and oxygen atoms in total. The number of hydrogen-bond donors (Lipinski definition) is 0. The van der Waals surface area contributed by atoms with E-state index in [1.165, 1.54) is 112 Å².